The van der Waals surface area contributed by atoms with Crippen molar-refractivity contribution in [2.45, 2.75) is 12.8 Å². The van der Waals surface area contributed by atoms with Gasteiger partial charge in [0.15, 0.2) is 6.23 Å². The minimum atomic E-state index is -0.135. The lowest BCUT2D eigenvalue weighted by Crippen LogP contribution is -2.36. The van der Waals surface area contributed by atoms with Crippen molar-refractivity contribution in [3.8, 4) is 0 Å². The highest BCUT2D eigenvalue weighted by Crippen LogP contribution is 2.46. The van der Waals surface area contributed by atoms with E-state index < -0.39 is 0 Å². The van der Waals surface area contributed by atoms with Crippen LogP contribution in [0.4, 0.5) is 5.69 Å². The molecule has 116 valence electrons. The second-order valence-electron chi connectivity index (χ2n) is 6.04. The van der Waals surface area contributed by atoms with Gasteiger partial charge in [-0.25, -0.2) is 0 Å². The molecule has 0 fully saturated rings. The first-order valence-electron chi connectivity index (χ1n) is 8.12. The average molecular weight is 312 g/mol. The van der Waals surface area contributed by atoms with Gasteiger partial charge in [-0.1, -0.05) is 54.6 Å². The summed E-state index contributed by atoms with van der Waals surface area (Å²) in [7, 11) is 0. The molecule has 0 amide bonds. The van der Waals surface area contributed by atoms with Gasteiger partial charge in [0.05, 0.1) is 18.0 Å². The summed E-state index contributed by atoms with van der Waals surface area (Å²) >= 11 is 0. The van der Waals surface area contributed by atoms with Gasteiger partial charge in [0.2, 0.25) is 0 Å². The maximum absolute atomic E-state index is 6.23. The summed E-state index contributed by atoms with van der Waals surface area (Å²) in [6.07, 6.45) is 3.86. The number of benzene rings is 2. The maximum atomic E-state index is 6.23. The summed E-state index contributed by atoms with van der Waals surface area (Å²) in [4.78, 5) is 6.85. The van der Waals surface area contributed by atoms with Gasteiger partial charge >= 0.3 is 0 Å². The zero-order valence-electron chi connectivity index (χ0n) is 13.1. The normalized spacial score (nSPS) is 18.2. The van der Waals surface area contributed by atoms with Crippen LogP contribution >= 0.6 is 0 Å². The molecule has 1 aromatic heterocycles. The number of anilines is 1. The van der Waals surface area contributed by atoms with Crippen molar-refractivity contribution in [1.82, 2.24) is 4.98 Å². The van der Waals surface area contributed by atoms with Gasteiger partial charge in [-0.2, -0.15) is 0 Å². The summed E-state index contributed by atoms with van der Waals surface area (Å²) in [5, 5.41) is 0. The van der Waals surface area contributed by atoms with E-state index in [2.05, 4.69) is 70.6 Å². The van der Waals surface area contributed by atoms with Crippen LogP contribution in [0.1, 0.15) is 28.6 Å². The fourth-order valence-electron chi connectivity index (χ4n) is 3.51. The molecule has 3 nitrogen and oxygen atoms in total. The Bertz CT molecular complexity index is 933. The van der Waals surface area contributed by atoms with Crippen molar-refractivity contribution in [1.29, 1.82) is 0 Å². The Morgan fingerprint density at radius 3 is 2.67 bits per heavy atom. The Labute approximate surface area is 140 Å². The molecular weight excluding hydrogens is 296 g/mol. The number of fused-ring (bicyclic) bond motifs is 5. The van der Waals surface area contributed by atoms with Gasteiger partial charge in [0, 0.05) is 23.0 Å². The van der Waals surface area contributed by atoms with E-state index in [4.69, 9.17) is 4.74 Å². The second-order valence-corrected chi connectivity index (χ2v) is 6.04. The molecule has 0 spiro atoms. The zero-order chi connectivity index (χ0) is 15.9. The number of para-hydroxylation sites is 1. The van der Waals surface area contributed by atoms with Crippen LogP contribution in [0.15, 0.2) is 72.9 Å². The highest BCUT2D eigenvalue weighted by Gasteiger charge is 2.35. The Morgan fingerprint density at radius 1 is 0.917 bits per heavy atom. The molecule has 2 aliphatic heterocycles. The van der Waals surface area contributed by atoms with Gasteiger partial charge < -0.3 is 9.64 Å². The second kappa shape index (κ2) is 5.32. The van der Waals surface area contributed by atoms with Crippen molar-refractivity contribution in [3.05, 3.63) is 95.3 Å². The molecule has 2 aromatic carbocycles. The molecule has 3 heterocycles. The molecular formula is C21H16N2O. The van der Waals surface area contributed by atoms with E-state index in [9.17, 15) is 0 Å². The molecule has 3 heteroatoms. The maximum Gasteiger partial charge on any atom is 0.163 e. The zero-order valence-corrected chi connectivity index (χ0v) is 13.1. The van der Waals surface area contributed by atoms with Crippen LogP contribution in [-0.4, -0.2) is 4.98 Å². The molecule has 0 radical (unpaired) electrons. The van der Waals surface area contributed by atoms with Crippen LogP contribution in [-0.2, 0) is 11.3 Å². The highest BCUT2D eigenvalue weighted by atomic mass is 16.5. The van der Waals surface area contributed by atoms with E-state index in [0.717, 1.165) is 17.0 Å². The number of pyridine rings is 1. The first-order valence-corrected chi connectivity index (χ1v) is 8.12. The van der Waals surface area contributed by atoms with E-state index in [0.29, 0.717) is 6.61 Å². The van der Waals surface area contributed by atoms with Gasteiger partial charge in [-0.3, -0.25) is 4.98 Å². The van der Waals surface area contributed by atoms with Crippen molar-refractivity contribution in [2.24, 2.45) is 0 Å². The van der Waals surface area contributed by atoms with E-state index in [1.807, 2.05) is 18.3 Å². The summed E-state index contributed by atoms with van der Waals surface area (Å²) in [6, 6.07) is 23.0. The van der Waals surface area contributed by atoms with Crippen molar-refractivity contribution in [2.75, 3.05) is 4.90 Å². The predicted molar refractivity (Wildman–Crippen MR) is 95.0 cm³/mol. The smallest absolute Gasteiger partial charge is 0.163 e. The molecule has 0 saturated heterocycles. The van der Waals surface area contributed by atoms with Crippen LogP contribution < -0.4 is 4.90 Å². The van der Waals surface area contributed by atoms with Gasteiger partial charge in [0.1, 0.15) is 0 Å². The summed E-state index contributed by atoms with van der Waals surface area (Å²) in [5.74, 6) is 0. The molecule has 1 unspecified atom stereocenters. The van der Waals surface area contributed by atoms with Crippen molar-refractivity contribution in [3.63, 3.8) is 0 Å². The summed E-state index contributed by atoms with van der Waals surface area (Å²) in [6.45, 7) is 0.619. The lowest BCUT2D eigenvalue weighted by molar-refractivity contribution is 0.0341. The van der Waals surface area contributed by atoms with Crippen molar-refractivity contribution < 1.29 is 4.74 Å². The molecule has 0 bridgehead atoms. The lowest BCUT2D eigenvalue weighted by atomic mass is 9.97. The average Bonchev–Trinajstić information content (AvgIpc) is 2.67. The quantitative estimate of drug-likeness (QED) is 0.655. The molecule has 0 saturated carbocycles. The van der Waals surface area contributed by atoms with Gasteiger partial charge in [0.25, 0.3) is 0 Å². The molecule has 2 aliphatic rings. The van der Waals surface area contributed by atoms with E-state index in [1.165, 1.54) is 16.8 Å². The van der Waals surface area contributed by atoms with Crippen LogP contribution in [0.25, 0.3) is 11.8 Å². The Balaban J connectivity index is 1.77. The standard InChI is InChI=1S/C21H16N2O/c1-2-7-15(8-3-1)20-13-18-17(10-6-12-22-18)21-23(20)19-11-5-4-9-16(19)14-24-21/h1-13,21H,14H2. The van der Waals surface area contributed by atoms with Crippen LogP contribution in [0.2, 0.25) is 0 Å². The number of nitrogens with zero attached hydrogens (tertiary/aromatic N) is 2. The fourth-order valence-corrected chi connectivity index (χ4v) is 3.51. The number of ether oxygens (including phenoxy) is 1. The van der Waals surface area contributed by atoms with E-state index in [1.54, 1.807) is 0 Å². The number of aromatic nitrogens is 1. The van der Waals surface area contributed by atoms with E-state index >= 15 is 0 Å². The molecule has 1 atom stereocenters. The number of rotatable bonds is 1. The Hall–Kier alpha value is -2.91. The third kappa shape index (κ3) is 1.99. The third-order valence-corrected chi connectivity index (χ3v) is 4.62. The highest BCUT2D eigenvalue weighted by molar-refractivity contribution is 5.93. The number of hydrogen-bond donors (Lipinski definition) is 0. The predicted octanol–water partition coefficient (Wildman–Crippen LogP) is 4.63. The molecule has 0 aliphatic carbocycles. The van der Waals surface area contributed by atoms with Crippen LogP contribution in [0, 0.1) is 0 Å². The minimum absolute atomic E-state index is 0.135. The third-order valence-electron chi connectivity index (χ3n) is 4.62. The first-order chi connectivity index (χ1) is 11.9. The molecule has 0 N–H and O–H groups in total. The van der Waals surface area contributed by atoms with Crippen LogP contribution in [0.3, 0.4) is 0 Å². The molecule has 24 heavy (non-hydrogen) atoms. The van der Waals surface area contributed by atoms with E-state index in [-0.39, 0.29) is 6.23 Å². The largest absolute Gasteiger partial charge is 0.349 e. The molecule has 3 aromatic rings. The summed E-state index contributed by atoms with van der Waals surface area (Å²) in [5.41, 5.74) is 6.81. The van der Waals surface area contributed by atoms with Gasteiger partial charge in [-0.15, -0.1) is 0 Å². The topological polar surface area (TPSA) is 25.4 Å². The van der Waals surface area contributed by atoms with Crippen LogP contribution in [0.5, 0.6) is 0 Å². The number of hydrogen-bond acceptors (Lipinski definition) is 3. The Kier molecular flexibility index (Phi) is 3.00. The fraction of sp³-hybridized carbons (Fsp3) is 0.0952. The first kappa shape index (κ1) is 13.5. The SMILES string of the molecule is C1=C(c2ccccc2)N2c3ccccc3COC2c2cccnc21. The van der Waals surface area contributed by atoms with Gasteiger partial charge in [-0.05, 0) is 23.8 Å². The summed E-state index contributed by atoms with van der Waals surface area (Å²) < 4.78 is 6.23. The Morgan fingerprint density at radius 2 is 1.75 bits per heavy atom. The van der Waals surface area contributed by atoms with Crippen molar-refractivity contribution >= 4 is 17.5 Å². The lowest BCUT2D eigenvalue weighted by Gasteiger charge is -2.42. The molecule has 5 rings (SSSR count). The minimum Gasteiger partial charge on any atom is -0.349 e. The monoisotopic (exact) mass is 312 g/mol.